The molecule has 2 rings (SSSR count). The fraction of sp³-hybridized carbons (Fsp3) is 0.552. The van der Waals surface area contributed by atoms with Crippen LogP contribution in [0.5, 0.6) is 0 Å². The molecule has 1 atom stereocenters. The molecule has 2 heterocycles. The number of rotatable bonds is 15. The second-order valence-corrected chi connectivity index (χ2v) is 11.3. The Labute approximate surface area is 245 Å². The van der Waals surface area contributed by atoms with Crippen LogP contribution in [0.3, 0.4) is 0 Å². The third-order valence-electron chi connectivity index (χ3n) is 6.64. The Balaban J connectivity index is 2.14. The van der Waals surface area contributed by atoms with Crippen LogP contribution in [0.25, 0.3) is 0 Å². The average molecular weight is 586 g/mol. The van der Waals surface area contributed by atoms with E-state index in [4.69, 9.17) is 0 Å². The van der Waals surface area contributed by atoms with Crippen LogP contribution in [-0.2, 0) is 32.8 Å². The normalized spacial score (nSPS) is 12.0. The number of imidazole rings is 1. The maximum atomic E-state index is 13.3. The Morgan fingerprint density at radius 1 is 1.07 bits per heavy atom. The summed E-state index contributed by atoms with van der Waals surface area (Å²) in [6.07, 6.45) is 6.07. The van der Waals surface area contributed by atoms with Crippen molar-refractivity contribution in [3.63, 3.8) is 0 Å². The van der Waals surface area contributed by atoms with Gasteiger partial charge in [-0.05, 0) is 51.7 Å². The Hall–Kier alpha value is -4.29. The molecule has 2 aromatic heterocycles. The van der Waals surface area contributed by atoms with E-state index in [1.165, 1.54) is 40.0 Å². The number of carbonyl (C=O) groups is 5. The topological polar surface area (TPSA) is 173 Å². The summed E-state index contributed by atoms with van der Waals surface area (Å²) in [5, 5.41) is 10.6. The van der Waals surface area contributed by atoms with Crippen molar-refractivity contribution in [1.82, 2.24) is 30.1 Å². The Bertz CT molecular complexity index is 1320. The van der Waals surface area contributed by atoms with Crippen molar-refractivity contribution in [3.05, 3.63) is 46.9 Å². The van der Waals surface area contributed by atoms with Gasteiger partial charge in [0.15, 0.2) is 0 Å². The van der Waals surface area contributed by atoms with Crippen LogP contribution in [0.2, 0.25) is 0 Å². The van der Waals surface area contributed by atoms with Crippen LogP contribution in [0.15, 0.2) is 35.6 Å². The summed E-state index contributed by atoms with van der Waals surface area (Å²) in [6, 6.07) is 1.79. The standard InChI is InChI=1S/C29H43N7O6/c1-7-19(8-2)15-31-24(38)17-36-14-10-12-21(28(36)42)33-25(39)20(32-26(40)22-16-30-18-35(22)6)11-9-13-23(37)27(41)34-29(3,4)5/h10,12,14,16,18-20H,7-9,11,13,15,17H2,1-6H3,(H,31,38)(H,32,40)(H,33,39)(H,34,41)/t20-/m0/s1. The first-order chi connectivity index (χ1) is 19.7. The van der Waals surface area contributed by atoms with Gasteiger partial charge in [0.05, 0.1) is 12.5 Å². The third-order valence-corrected chi connectivity index (χ3v) is 6.64. The van der Waals surface area contributed by atoms with Gasteiger partial charge in [0.1, 0.15) is 24.0 Å². The molecule has 0 saturated carbocycles. The lowest BCUT2D eigenvalue weighted by Gasteiger charge is -2.20. The number of anilines is 1. The maximum Gasteiger partial charge on any atom is 0.287 e. The Kier molecular flexibility index (Phi) is 12.6. The van der Waals surface area contributed by atoms with Gasteiger partial charge in [0, 0.05) is 31.7 Å². The number of hydrogen-bond acceptors (Lipinski definition) is 7. The predicted octanol–water partition coefficient (Wildman–Crippen LogP) is 1.53. The Morgan fingerprint density at radius 3 is 2.36 bits per heavy atom. The van der Waals surface area contributed by atoms with Gasteiger partial charge in [0.2, 0.25) is 17.6 Å². The lowest BCUT2D eigenvalue weighted by molar-refractivity contribution is -0.138. The highest BCUT2D eigenvalue weighted by atomic mass is 16.2. The van der Waals surface area contributed by atoms with E-state index in [0.717, 1.165) is 12.8 Å². The monoisotopic (exact) mass is 585 g/mol. The lowest BCUT2D eigenvalue weighted by atomic mass is 10.0. The highest BCUT2D eigenvalue weighted by Crippen LogP contribution is 2.09. The molecular weight excluding hydrogens is 542 g/mol. The van der Waals surface area contributed by atoms with Crippen LogP contribution in [-0.4, -0.2) is 61.7 Å². The molecule has 0 spiro atoms. The minimum Gasteiger partial charge on any atom is -0.354 e. The largest absolute Gasteiger partial charge is 0.354 e. The minimum atomic E-state index is -1.14. The zero-order valence-corrected chi connectivity index (χ0v) is 25.3. The van der Waals surface area contributed by atoms with E-state index in [1.807, 2.05) is 13.8 Å². The highest BCUT2D eigenvalue weighted by molar-refractivity contribution is 6.36. The SMILES string of the molecule is CCC(CC)CNC(=O)Cn1cccc(NC(=O)[C@H](CCCC(=O)C(=O)NC(C)(C)C)NC(=O)c2cncn2C)c1=O. The van der Waals surface area contributed by atoms with Crippen LogP contribution < -0.4 is 26.8 Å². The number of carbonyl (C=O) groups excluding carboxylic acids is 5. The van der Waals surface area contributed by atoms with Crippen molar-refractivity contribution in [3.8, 4) is 0 Å². The number of nitrogens with zero attached hydrogens (tertiary/aromatic N) is 3. The predicted molar refractivity (Wildman–Crippen MR) is 158 cm³/mol. The highest BCUT2D eigenvalue weighted by Gasteiger charge is 2.25. The fourth-order valence-corrected chi connectivity index (χ4v) is 4.09. The molecule has 0 bridgehead atoms. The Morgan fingerprint density at radius 2 is 1.76 bits per heavy atom. The summed E-state index contributed by atoms with van der Waals surface area (Å²) in [5.41, 5.74) is -1.04. The first-order valence-corrected chi connectivity index (χ1v) is 14.1. The first kappa shape index (κ1) is 33.9. The molecule has 0 radical (unpaired) electrons. The van der Waals surface area contributed by atoms with Gasteiger partial charge >= 0.3 is 0 Å². The number of nitrogens with one attached hydrogen (secondary N) is 4. The van der Waals surface area contributed by atoms with E-state index in [0.29, 0.717) is 12.5 Å². The van der Waals surface area contributed by atoms with Gasteiger partial charge in [-0.15, -0.1) is 0 Å². The average Bonchev–Trinajstić information content (AvgIpc) is 3.35. The van der Waals surface area contributed by atoms with Crippen molar-refractivity contribution in [2.45, 2.75) is 84.8 Å². The van der Waals surface area contributed by atoms with Crippen LogP contribution >= 0.6 is 0 Å². The van der Waals surface area contributed by atoms with Gasteiger partial charge < -0.3 is 30.4 Å². The number of aromatic nitrogens is 3. The summed E-state index contributed by atoms with van der Waals surface area (Å²) < 4.78 is 2.67. The summed E-state index contributed by atoms with van der Waals surface area (Å²) in [7, 11) is 1.62. The van der Waals surface area contributed by atoms with E-state index in [2.05, 4.69) is 26.3 Å². The molecule has 0 aliphatic carbocycles. The van der Waals surface area contributed by atoms with Crippen molar-refractivity contribution in [2.24, 2.45) is 13.0 Å². The van der Waals surface area contributed by atoms with Crippen molar-refractivity contribution >= 4 is 35.1 Å². The first-order valence-electron chi connectivity index (χ1n) is 14.1. The molecule has 4 amide bonds. The maximum absolute atomic E-state index is 13.3. The second kappa shape index (κ2) is 15.6. The fourth-order valence-electron chi connectivity index (χ4n) is 4.09. The number of Topliss-reactive ketones (excluding diaryl/α,β-unsaturated/α-hetero) is 1. The van der Waals surface area contributed by atoms with E-state index >= 15 is 0 Å². The van der Waals surface area contributed by atoms with Crippen molar-refractivity contribution in [1.29, 1.82) is 0 Å². The molecule has 0 fully saturated rings. The number of hydrogen-bond donors (Lipinski definition) is 4. The summed E-state index contributed by atoms with van der Waals surface area (Å²) >= 11 is 0. The third kappa shape index (κ3) is 10.6. The van der Waals surface area contributed by atoms with Crippen LogP contribution in [0.1, 0.15) is 77.2 Å². The minimum absolute atomic E-state index is 0.0173. The molecule has 0 aliphatic rings. The molecule has 13 heteroatoms. The zero-order chi connectivity index (χ0) is 31.4. The lowest BCUT2D eigenvalue weighted by Crippen LogP contribution is -2.46. The van der Waals surface area contributed by atoms with Gasteiger partial charge in [0.25, 0.3) is 17.4 Å². The van der Waals surface area contributed by atoms with Gasteiger partial charge in [-0.2, -0.15) is 0 Å². The molecule has 0 unspecified atom stereocenters. The van der Waals surface area contributed by atoms with Gasteiger partial charge in [-0.25, -0.2) is 4.98 Å². The van der Waals surface area contributed by atoms with E-state index < -0.39 is 40.6 Å². The summed E-state index contributed by atoms with van der Waals surface area (Å²) in [6.45, 7) is 9.65. The molecule has 0 aliphatic heterocycles. The molecule has 13 nitrogen and oxygen atoms in total. The van der Waals surface area contributed by atoms with Crippen LogP contribution in [0.4, 0.5) is 5.69 Å². The second-order valence-electron chi connectivity index (χ2n) is 11.3. The molecule has 0 saturated heterocycles. The van der Waals surface area contributed by atoms with Gasteiger partial charge in [-0.3, -0.25) is 28.8 Å². The smallest absolute Gasteiger partial charge is 0.287 e. The van der Waals surface area contributed by atoms with Crippen LogP contribution in [0, 0.1) is 5.92 Å². The van der Waals surface area contributed by atoms with Crippen molar-refractivity contribution in [2.75, 3.05) is 11.9 Å². The number of amides is 4. The van der Waals surface area contributed by atoms with Crippen molar-refractivity contribution < 1.29 is 24.0 Å². The van der Waals surface area contributed by atoms with E-state index in [1.54, 1.807) is 27.8 Å². The molecule has 2 aromatic rings. The molecular formula is C29H43N7O6. The van der Waals surface area contributed by atoms with E-state index in [-0.39, 0.29) is 43.1 Å². The number of pyridine rings is 1. The number of aryl methyl sites for hydroxylation is 1. The van der Waals surface area contributed by atoms with Gasteiger partial charge in [-0.1, -0.05) is 26.7 Å². The number of ketones is 1. The quantitative estimate of drug-likeness (QED) is 0.229. The molecule has 0 aromatic carbocycles. The molecule has 230 valence electrons. The zero-order valence-electron chi connectivity index (χ0n) is 25.3. The molecule has 42 heavy (non-hydrogen) atoms. The summed E-state index contributed by atoms with van der Waals surface area (Å²) in [4.78, 5) is 80.0. The summed E-state index contributed by atoms with van der Waals surface area (Å²) in [5.74, 6) is -2.62. The molecule has 4 N–H and O–H groups in total. The van der Waals surface area contributed by atoms with E-state index in [9.17, 15) is 28.8 Å².